The number of carbonyl (C=O) groups is 1. The van der Waals surface area contributed by atoms with Crippen molar-refractivity contribution in [3.8, 4) is 11.1 Å². The lowest BCUT2D eigenvalue weighted by Crippen LogP contribution is -2.16. The molecule has 3 heteroatoms. The number of amides is 1. The monoisotopic (exact) mass is 225 g/mol. The summed E-state index contributed by atoms with van der Waals surface area (Å²) < 4.78 is 0. The largest absolute Gasteiger partial charge is 0.325 e. The van der Waals surface area contributed by atoms with Crippen molar-refractivity contribution in [3.05, 3.63) is 54.6 Å². The molecule has 1 amide bonds. The zero-order valence-corrected chi connectivity index (χ0v) is 9.31. The van der Waals surface area contributed by atoms with E-state index in [1.165, 1.54) is 0 Å². The van der Waals surface area contributed by atoms with Crippen LogP contribution >= 0.6 is 0 Å². The summed E-state index contributed by atoms with van der Waals surface area (Å²) in [7, 11) is 0. The number of hydrogen-bond acceptors (Lipinski definition) is 1. The van der Waals surface area contributed by atoms with E-state index >= 15 is 0 Å². The lowest BCUT2D eigenvalue weighted by molar-refractivity contribution is -0.115. The van der Waals surface area contributed by atoms with Crippen molar-refractivity contribution in [3.63, 3.8) is 0 Å². The van der Waals surface area contributed by atoms with Gasteiger partial charge in [0.2, 0.25) is 5.91 Å². The molecule has 0 atom stereocenters. The maximum atomic E-state index is 11.0. The smallest absolute Gasteiger partial charge is 0.239 e. The predicted octanol–water partition coefficient (Wildman–Crippen LogP) is 2.58. The molecule has 0 saturated carbocycles. The number of carbonyl (C=O) groups excluding carboxylic acids is 1. The molecular formula is C14H13N2O. The molecule has 0 aromatic heterocycles. The average Bonchev–Trinajstić information content (AvgIpc) is 2.40. The Hall–Kier alpha value is -2.13. The Morgan fingerprint density at radius 3 is 2.12 bits per heavy atom. The van der Waals surface area contributed by atoms with Crippen molar-refractivity contribution in [1.29, 1.82) is 0 Å². The second kappa shape index (κ2) is 5.27. The highest BCUT2D eigenvalue weighted by Crippen LogP contribution is 2.20. The number of benzene rings is 2. The van der Waals surface area contributed by atoms with Gasteiger partial charge in [-0.25, -0.2) is 5.73 Å². The summed E-state index contributed by atoms with van der Waals surface area (Å²) in [4.78, 5) is 11.0. The molecule has 3 nitrogen and oxygen atoms in total. The van der Waals surface area contributed by atoms with Gasteiger partial charge in [0.15, 0.2) is 0 Å². The Balaban J connectivity index is 2.16. The van der Waals surface area contributed by atoms with E-state index in [2.05, 4.69) is 5.32 Å². The van der Waals surface area contributed by atoms with Gasteiger partial charge in [0.25, 0.3) is 0 Å². The third-order valence-corrected chi connectivity index (χ3v) is 2.44. The van der Waals surface area contributed by atoms with Gasteiger partial charge in [-0.05, 0) is 23.3 Å². The van der Waals surface area contributed by atoms with Crippen LogP contribution in [0, 0.1) is 0 Å². The molecule has 2 aromatic rings. The minimum Gasteiger partial charge on any atom is -0.325 e. The van der Waals surface area contributed by atoms with E-state index in [0.717, 1.165) is 16.8 Å². The zero-order chi connectivity index (χ0) is 12.1. The van der Waals surface area contributed by atoms with Gasteiger partial charge < -0.3 is 5.32 Å². The summed E-state index contributed by atoms with van der Waals surface area (Å²) in [5, 5.41) is 2.64. The van der Waals surface area contributed by atoms with Gasteiger partial charge in [0, 0.05) is 5.69 Å². The van der Waals surface area contributed by atoms with Gasteiger partial charge >= 0.3 is 0 Å². The van der Waals surface area contributed by atoms with Crippen LogP contribution in [0.4, 0.5) is 5.69 Å². The first-order valence-electron chi connectivity index (χ1n) is 5.39. The van der Waals surface area contributed by atoms with Crippen molar-refractivity contribution in [2.75, 3.05) is 11.9 Å². The highest BCUT2D eigenvalue weighted by Gasteiger charge is 2.00. The van der Waals surface area contributed by atoms with E-state index in [1.54, 1.807) is 0 Å². The molecule has 0 spiro atoms. The van der Waals surface area contributed by atoms with Crippen LogP contribution in [-0.2, 0) is 4.79 Å². The third kappa shape index (κ3) is 2.92. The van der Waals surface area contributed by atoms with Crippen LogP contribution in [0.3, 0.4) is 0 Å². The Kier molecular flexibility index (Phi) is 3.52. The SMILES string of the molecule is [NH]CC(=O)Nc1ccc(-c2ccccc2)cc1. The van der Waals surface area contributed by atoms with Crippen molar-refractivity contribution in [1.82, 2.24) is 5.73 Å². The molecule has 0 saturated heterocycles. The van der Waals surface area contributed by atoms with Gasteiger partial charge in [-0.2, -0.15) is 0 Å². The first kappa shape index (κ1) is 11.4. The maximum Gasteiger partial charge on any atom is 0.239 e. The molecule has 2 N–H and O–H groups in total. The van der Waals surface area contributed by atoms with E-state index in [-0.39, 0.29) is 12.5 Å². The van der Waals surface area contributed by atoms with E-state index in [1.807, 2.05) is 54.6 Å². The summed E-state index contributed by atoms with van der Waals surface area (Å²) in [6.45, 7) is -0.250. The molecule has 0 unspecified atom stereocenters. The van der Waals surface area contributed by atoms with E-state index < -0.39 is 0 Å². The number of nitrogens with one attached hydrogen (secondary N) is 2. The third-order valence-electron chi connectivity index (χ3n) is 2.44. The molecule has 85 valence electrons. The maximum absolute atomic E-state index is 11.0. The van der Waals surface area contributed by atoms with E-state index in [0.29, 0.717) is 0 Å². The van der Waals surface area contributed by atoms with Gasteiger partial charge in [-0.1, -0.05) is 42.5 Å². The van der Waals surface area contributed by atoms with Crippen LogP contribution in [0.15, 0.2) is 54.6 Å². The Morgan fingerprint density at radius 1 is 0.941 bits per heavy atom. The van der Waals surface area contributed by atoms with Crippen LogP contribution < -0.4 is 11.1 Å². The first-order valence-corrected chi connectivity index (χ1v) is 5.39. The lowest BCUT2D eigenvalue weighted by Gasteiger charge is -2.05. The van der Waals surface area contributed by atoms with Crippen molar-refractivity contribution >= 4 is 11.6 Å². The molecule has 0 heterocycles. The fraction of sp³-hybridized carbons (Fsp3) is 0.0714. The van der Waals surface area contributed by atoms with Gasteiger partial charge in [-0.15, -0.1) is 0 Å². The first-order chi connectivity index (χ1) is 8.29. The van der Waals surface area contributed by atoms with Crippen LogP contribution in [0.1, 0.15) is 0 Å². The average molecular weight is 225 g/mol. The van der Waals surface area contributed by atoms with Gasteiger partial charge in [-0.3, -0.25) is 4.79 Å². The Morgan fingerprint density at radius 2 is 1.53 bits per heavy atom. The zero-order valence-electron chi connectivity index (χ0n) is 9.31. The standard InChI is InChI=1S/C14H13N2O/c15-10-14(17)16-13-8-6-12(7-9-13)11-4-2-1-3-5-11/h1-9,15H,10H2,(H,16,17). The Labute approximate surface area is 100 Å². The van der Waals surface area contributed by atoms with Crippen molar-refractivity contribution < 1.29 is 4.79 Å². The van der Waals surface area contributed by atoms with Crippen LogP contribution in [0.25, 0.3) is 11.1 Å². The minimum absolute atomic E-state index is 0.250. The Bertz CT molecular complexity index is 491. The van der Waals surface area contributed by atoms with Crippen molar-refractivity contribution in [2.45, 2.75) is 0 Å². The highest BCUT2D eigenvalue weighted by atomic mass is 16.1. The second-order valence-corrected chi connectivity index (χ2v) is 3.67. The fourth-order valence-corrected chi connectivity index (χ4v) is 1.58. The normalized spacial score (nSPS) is 9.94. The van der Waals surface area contributed by atoms with Crippen LogP contribution in [0.5, 0.6) is 0 Å². The number of hydrogen-bond donors (Lipinski definition) is 1. The van der Waals surface area contributed by atoms with E-state index in [9.17, 15) is 4.79 Å². The summed E-state index contributed by atoms with van der Waals surface area (Å²) in [5.74, 6) is -0.294. The summed E-state index contributed by atoms with van der Waals surface area (Å²) >= 11 is 0. The van der Waals surface area contributed by atoms with Crippen LogP contribution in [-0.4, -0.2) is 12.5 Å². The van der Waals surface area contributed by atoms with E-state index in [4.69, 9.17) is 5.73 Å². The molecule has 0 bridgehead atoms. The summed E-state index contributed by atoms with van der Waals surface area (Å²) in [5.41, 5.74) is 9.90. The molecule has 0 aliphatic rings. The van der Waals surface area contributed by atoms with Crippen LogP contribution in [0.2, 0.25) is 0 Å². The summed E-state index contributed by atoms with van der Waals surface area (Å²) in [6.07, 6.45) is 0. The molecule has 1 radical (unpaired) electrons. The molecular weight excluding hydrogens is 212 g/mol. The fourth-order valence-electron chi connectivity index (χ4n) is 1.58. The lowest BCUT2D eigenvalue weighted by atomic mass is 10.1. The molecule has 0 aliphatic carbocycles. The van der Waals surface area contributed by atoms with Gasteiger partial charge in [0.05, 0.1) is 6.54 Å². The molecule has 0 aliphatic heterocycles. The molecule has 2 rings (SSSR count). The number of anilines is 1. The molecule has 17 heavy (non-hydrogen) atoms. The van der Waals surface area contributed by atoms with Crippen molar-refractivity contribution in [2.24, 2.45) is 0 Å². The van der Waals surface area contributed by atoms with Gasteiger partial charge in [0.1, 0.15) is 0 Å². The highest BCUT2D eigenvalue weighted by molar-refractivity contribution is 5.92. The second-order valence-electron chi connectivity index (χ2n) is 3.67. The minimum atomic E-state index is -0.294. The quantitative estimate of drug-likeness (QED) is 0.857. The summed E-state index contributed by atoms with van der Waals surface area (Å²) in [6, 6.07) is 17.6. The topological polar surface area (TPSA) is 52.9 Å². The number of rotatable bonds is 3. The predicted molar refractivity (Wildman–Crippen MR) is 68.5 cm³/mol. The molecule has 2 aromatic carbocycles. The molecule has 0 fully saturated rings.